The van der Waals surface area contributed by atoms with Gasteiger partial charge in [0.05, 0.1) is 10.5 Å². The number of hydrogen-bond acceptors (Lipinski definition) is 1. The van der Waals surface area contributed by atoms with E-state index in [1.165, 1.54) is 6.42 Å². The molecule has 1 heterocycles. The summed E-state index contributed by atoms with van der Waals surface area (Å²) in [6.45, 7) is 3.19. The number of halogens is 1. The molecule has 0 atom stereocenters. The van der Waals surface area contributed by atoms with Gasteiger partial charge in [-0.1, -0.05) is 31.0 Å². The van der Waals surface area contributed by atoms with Crippen LogP contribution in [0.4, 0.5) is 5.69 Å². The molecule has 1 aromatic carbocycles. The zero-order chi connectivity index (χ0) is 10.8. The Labute approximate surface area is 94.6 Å². The number of aromatic nitrogens is 1. The fourth-order valence-corrected chi connectivity index (χ4v) is 2.17. The number of aryl methyl sites for hydroxylation is 1. The second-order valence-corrected chi connectivity index (χ2v) is 4.17. The minimum Gasteiger partial charge on any atom is -0.398 e. The summed E-state index contributed by atoms with van der Waals surface area (Å²) in [6.07, 6.45) is 4.31. The Balaban J connectivity index is 2.53. The van der Waals surface area contributed by atoms with Gasteiger partial charge in [-0.3, -0.25) is 0 Å². The van der Waals surface area contributed by atoms with Crippen LogP contribution in [0.3, 0.4) is 0 Å². The summed E-state index contributed by atoms with van der Waals surface area (Å²) in [6, 6.07) is 5.92. The zero-order valence-electron chi connectivity index (χ0n) is 8.83. The van der Waals surface area contributed by atoms with E-state index in [4.69, 9.17) is 17.3 Å². The lowest BCUT2D eigenvalue weighted by atomic mass is 10.2. The van der Waals surface area contributed by atoms with Crippen molar-refractivity contribution in [3.8, 4) is 0 Å². The Morgan fingerprint density at radius 1 is 1.40 bits per heavy atom. The number of nitrogen functional groups attached to an aromatic ring is 1. The van der Waals surface area contributed by atoms with Crippen LogP contribution in [0.1, 0.15) is 19.8 Å². The number of nitrogens with two attached hydrogens (primary N) is 1. The van der Waals surface area contributed by atoms with Crippen LogP contribution in [-0.2, 0) is 6.54 Å². The van der Waals surface area contributed by atoms with E-state index in [-0.39, 0.29) is 0 Å². The maximum absolute atomic E-state index is 6.16. The molecular weight excluding hydrogens is 208 g/mol. The van der Waals surface area contributed by atoms with Gasteiger partial charge >= 0.3 is 0 Å². The predicted octanol–water partition coefficient (Wildman–Crippen LogP) is 3.68. The molecule has 0 saturated heterocycles. The van der Waals surface area contributed by atoms with Crippen molar-refractivity contribution in [3.05, 3.63) is 29.4 Å². The molecule has 3 heteroatoms. The SMILES string of the molecule is CCCCn1cc(Cl)c2c(N)cccc21. The molecule has 0 aliphatic carbocycles. The summed E-state index contributed by atoms with van der Waals surface area (Å²) < 4.78 is 2.18. The first-order valence-corrected chi connectivity index (χ1v) is 5.64. The molecule has 0 amide bonds. The molecule has 0 aliphatic rings. The normalized spacial score (nSPS) is 11.1. The first-order chi connectivity index (χ1) is 7.24. The van der Waals surface area contributed by atoms with E-state index in [0.29, 0.717) is 0 Å². The molecule has 2 nitrogen and oxygen atoms in total. The summed E-state index contributed by atoms with van der Waals surface area (Å²) in [4.78, 5) is 0. The van der Waals surface area contributed by atoms with Crippen LogP contribution in [0.15, 0.2) is 24.4 Å². The first-order valence-electron chi connectivity index (χ1n) is 5.27. The highest BCUT2D eigenvalue weighted by Gasteiger charge is 2.08. The largest absolute Gasteiger partial charge is 0.398 e. The highest BCUT2D eigenvalue weighted by molar-refractivity contribution is 6.36. The van der Waals surface area contributed by atoms with Crippen LogP contribution in [0, 0.1) is 0 Å². The third-order valence-corrected chi connectivity index (χ3v) is 2.93. The van der Waals surface area contributed by atoms with Crippen LogP contribution < -0.4 is 5.73 Å². The van der Waals surface area contributed by atoms with Gasteiger partial charge in [-0.25, -0.2) is 0 Å². The number of benzene rings is 1. The molecule has 15 heavy (non-hydrogen) atoms. The molecule has 2 N–H and O–H groups in total. The smallest absolute Gasteiger partial charge is 0.0682 e. The molecule has 2 rings (SSSR count). The van der Waals surface area contributed by atoms with Crippen molar-refractivity contribution in [3.63, 3.8) is 0 Å². The average Bonchev–Trinajstić information content (AvgIpc) is 2.54. The van der Waals surface area contributed by atoms with Gasteiger partial charge in [0.1, 0.15) is 0 Å². The molecule has 80 valence electrons. The summed E-state index contributed by atoms with van der Waals surface area (Å²) in [5.41, 5.74) is 7.79. The number of anilines is 1. The van der Waals surface area contributed by atoms with Gasteiger partial charge in [0.15, 0.2) is 0 Å². The molecule has 0 unspecified atom stereocenters. The van der Waals surface area contributed by atoms with Crippen molar-refractivity contribution in [2.24, 2.45) is 0 Å². The Bertz CT molecular complexity index is 474. The summed E-state index contributed by atoms with van der Waals surface area (Å²) in [7, 11) is 0. The maximum Gasteiger partial charge on any atom is 0.0682 e. The van der Waals surface area contributed by atoms with E-state index in [1.54, 1.807) is 0 Å². The Hall–Kier alpha value is -1.15. The standard InChI is InChI=1S/C12H15ClN2/c1-2-3-7-15-8-9(13)12-10(14)5-4-6-11(12)15/h4-6,8H,2-3,7,14H2,1H3. The molecule has 0 saturated carbocycles. The number of hydrogen-bond donors (Lipinski definition) is 1. The summed E-state index contributed by atoms with van der Waals surface area (Å²) >= 11 is 6.16. The summed E-state index contributed by atoms with van der Waals surface area (Å²) in [5.74, 6) is 0. The third kappa shape index (κ3) is 1.82. The van der Waals surface area contributed by atoms with Crippen LogP contribution in [-0.4, -0.2) is 4.57 Å². The molecular formula is C12H15ClN2. The van der Waals surface area contributed by atoms with Gasteiger partial charge in [0, 0.05) is 23.8 Å². The Morgan fingerprint density at radius 2 is 2.20 bits per heavy atom. The van der Waals surface area contributed by atoms with E-state index >= 15 is 0 Å². The number of nitrogens with zero attached hydrogens (tertiary/aromatic N) is 1. The van der Waals surface area contributed by atoms with Gasteiger partial charge in [-0.2, -0.15) is 0 Å². The second kappa shape index (κ2) is 4.15. The molecule has 2 aromatic rings. The van der Waals surface area contributed by atoms with Crippen molar-refractivity contribution in [1.82, 2.24) is 4.57 Å². The van der Waals surface area contributed by atoms with Gasteiger partial charge in [0.25, 0.3) is 0 Å². The van der Waals surface area contributed by atoms with Gasteiger partial charge in [-0.15, -0.1) is 0 Å². The fraction of sp³-hybridized carbons (Fsp3) is 0.333. The quantitative estimate of drug-likeness (QED) is 0.790. The van der Waals surface area contributed by atoms with Gasteiger partial charge in [-0.05, 0) is 18.6 Å². The Kier molecular flexibility index (Phi) is 2.87. The fourth-order valence-electron chi connectivity index (χ4n) is 1.84. The monoisotopic (exact) mass is 222 g/mol. The van der Waals surface area contributed by atoms with E-state index in [9.17, 15) is 0 Å². The minimum absolute atomic E-state index is 0.749. The molecule has 0 spiro atoms. The first kappa shape index (κ1) is 10.4. The number of unbranched alkanes of at least 4 members (excludes halogenated alkanes) is 1. The van der Waals surface area contributed by atoms with E-state index < -0.39 is 0 Å². The van der Waals surface area contributed by atoms with Gasteiger partial charge < -0.3 is 10.3 Å². The van der Waals surface area contributed by atoms with E-state index in [2.05, 4.69) is 17.6 Å². The maximum atomic E-state index is 6.16. The van der Waals surface area contributed by atoms with Crippen molar-refractivity contribution in [1.29, 1.82) is 0 Å². The van der Waals surface area contributed by atoms with E-state index in [0.717, 1.165) is 34.6 Å². The van der Waals surface area contributed by atoms with Crippen molar-refractivity contribution in [2.75, 3.05) is 5.73 Å². The van der Waals surface area contributed by atoms with Gasteiger partial charge in [0.2, 0.25) is 0 Å². The molecule has 0 radical (unpaired) electrons. The number of rotatable bonds is 3. The Morgan fingerprint density at radius 3 is 2.93 bits per heavy atom. The third-order valence-electron chi connectivity index (χ3n) is 2.64. The van der Waals surface area contributed by atoms with Crippen molar-refractivity contribution in [2.45, 2.75) is 26.3 Å². The second-order valence-electron chi connectivity index (χ2n) is 3.77. The zero-order valence-corrected chi connectivity index (χ0v) is 9.59. The highest BCUT2D eigenvalue weighted by atomic mass is 35.5. The molecule has 1 aromatic heterocycles. The lowest BCUT2D eigenvalue weighted by Crippen LogP contribution is -1.95. The summed E-state index contributed by atoms with van der Waals surface area (Å²) in [5, 5.41) is 1.73. The highest BCUT2D eigenvalue weighted by Crippen LogP contribution is 2.30. The van der Waals surface area contributed by atoms with Crippen LogP contribution in [0.25, 0.3) is 10.9 Å². The molecule has 0 fully saturated rings. The molecule has 0 aliphatic heterocycles. The minimum atomic E-state index is 0.749. The van der Waals surface area contributed by atoms with Crippen LogP contribution in [0.2, 0.25) is 5.02 Å². The van der Waals surface area contributed by atoms with Crippen LogP contribution >= 0.6 is 11.6 Å². The molecule has 0 bridgehead atoms. The lowest BCUT2D eigenvalue weighted by Gasteiger charge is -2.03. The predicted molar refractivity (Wildman–Crippen MR) is 66.3 cm³/mol. The topological polar surface area (TPSA) is 30.9 Å². The van der Waals surface area contributed by atoms with Crippen LogP contribution in [0.5, 0.6) is 0 Å². The van der Waals surface area contributed by atoms with Crippen molar-refractivity contribution < 1.29 is 0 Å². The lowest BCUT2D eigenvalue weighted by molar-refractivity contribution is 0.650. The average molecular weight is 223 g/mol. The van der Waals surface area contributed by atoms with E-state index in [1.807, 2.05) is 18.3 Å². The van der Waals surface area contributed by atoms with Crippen molar-refractivity contribution >= 4 is 28.2 Å². The number of fused-ring (bicyclic) bond motifs is 1.